The number of nitrogens with one attached hydrogen (secondary N) is 1. The Kier molecular flexibility index (Phi) is 4.68. The maximum absolute atomic E-state index is 12.2. The van der Waals surface area contributed by atoms with Crippen molar-refractivity contribution in [1.29, 1.82) is 0 Å². The van der Waals surface area contributed by atoms with Crippen LogP contribution in [0.5, 0.6) is 0 Å². The Labute approximate surface area is 135 Å². The molecule has 0 radical (unpaired) electrons. The highest BCUT2D eigenvalue weighted by atomic mass is 79.9. The Morgan fingerprint density at radius 3 is 2.55 bits per heavy atom. The SMILES string of the molecule is Cc1cc(C)c(NC(=O)c2ccc(Cl)nc2Cl)c(Br)c1. The van der Waals surface area contributed by atoms with Crippen LogP contribution in [0.25, 0.3) is 0 Å². The van der Waals surface area contributed by atoms with Crippen molar-refractivity contribution in [1.82, 2.24) is 4.98 Å². The molecule has 0 aliphatic carbocycles. The monoisotopic (exact) mass is 372 g/mol. The van der Waals surface area contributed by atoms with Crippen LogP contribution >= 0.6 is 39.1 Å². The Balaban J connectivity index is 2.33. The molecule has 20 heavy (non-hydrogen) atoms. The zero-order valence-electron chi connectivity index (χ0n) is 10.8. The summed E-state index contributed by atoms with van der Waals surface area (Å²) in [5.74, 6) is -0.327. The molecule has 1 heterocycles. The van der Waals surface area contributed by atoms with Crippen LogP contribution in [-0.2, 0) is 0 Å². The minimum atomic E-state index is -0.327. The summed E-state index contributed by atoms with van der Waals surface area (Å²) in [6, 6.07) is 7.00. The molecule has 0 bridgehead atoms. The average molecular weight is 374 g/mol. The van der Waals surface area contributed by atoms with E-state index in [0.717, 1.165) is 15.6 Å². The number of anilines is 1. The van der Waals surface area contributed by atoms with E-state index in [-0.39, 0.29) is 21.8 Å². The van der Waals surface area contributed by atoms with Gasteiger partial charge in [0.05, 0.1) is 11.3 Å². The summed E-state index contributed by atoms with van der Waals surface area (Å²) >= 11 is 15.1. The number of halogens is 3. The van der Waals surface area contributed by atoms with Gasteiger partial charge in [0.1, 0.15) is 10.3 Å². The molecular weight excluding hydrogens is 363 g/mol. The van der Waals surface area contributed by atoms with E-state index >= 15 is 0 Å². The Morgan fingerprint density at radius 2 is 1.95 bits per heavy atom. The second-order valence-corrected chi connectivity index (χ2v) is 5.96. The number of benzene rings is 1. The summed E-state index contributed by atoms with van der Waals surface area (Å²) in [5.41, 5.74) is 3.07. The number of carbonyl (C=O) groups is 1. The van der Waals surface area contributed by atoms with Gasteiger partial charge in [-0.3, -0.25) is 4.79 Å². The second-order valence-electron chi connectivity index (χ2n) is 4.37. The number of hydrogen-bond acceptors (Lipinski definition) is 2. The minimum absolute atomic E-state index is 0.0795. The van der Waals surface area contributed by atoms with E-state index in [9.17, 15) is 4.79 Å². The van der Waals surface area contributed by atoms with Gasteiger partial charge in [-0.25, -0.2) is 4.98 Å². The topological polar surface area (TPSA) is 42.0 Å². The normalized spacial score (nSPS) is 10.4. The zero-order valence-corrected chi connectivity index (χ0v) is 13.9. The van der Waals surface area contributed by atoms with E-state index < -0.39 is 0 Å². The average Bonchev–Trinajstić information content (AvgIpc) is 2.33. The van der Waals surface area contributed by atoms with E-state index in [1.54, 1.807) is 6.07 Å². The third-order valence-corrected chi connectivity index (χ3v) is 3.85. The van der Waals surface area contributed by atoms with E-state index in [2.05, 4.69) is 26.2 Å². The summed E-state index contributed by atoms with van der Waals surface area (Å²) < 4.78 is 0.821. The second kappa shape index (κ2) is 6.12. The lowest BCUT2D eigenvalue weighted by Crippen LogP contribution is -2.14. The zero-order chi connectivity index (χ0) is 14.9. The van der Waals surface area contributed by atoms with Crippen molar-refractivity contribution in [2.45, 2.75) is 13.8 Å². The molecule has 0 aliphatic heterocycles. The van der Waals surface area contributed by atoms with Crippen LogP contribution in [-0.4, -0.2) is 10.9 Å². The van der Waals surface area contributed by atoms with E-state index in [0.29, 0.717) is 5.69 Å². The molecule has 1 aromatic heterocycles. The smallest absolute Gasteiger partial charge is 0.258 e. The number of nitrogens with zero attached hydrogens (tertiary/aromatic N) is 1. The van der Waals surface area contributed by atoms with E-state index in [1.807, 2.05) is 26.0 Å². The predicted octanol–water partition coefficient (Wildman–Crippen LogP) is 5.02. The molecule has 0 aliphatic rings. The molecule has 104 valence electrons. The number of carbonyl (C=O) groups excluding carboxylic acids is 1. The fraction of sp³-hybridized carbons (Fsp3) is 0.143. The van der Waals surface area contributed by atoms with Crippen molar-refractivity contribution in [3.05, 3.63) is 55.7 Å². The van der Waals surface area contributed by atoms with Gasteiger partial charge >= 0.3 is 0 Å². The van der Waals surface area contributed by atoms with Crippen LogP contribution in [0, 0.1) is 13.8 Å². The third-order valence-electron chi connectivity index (χ3n) is 2.73. The fourth-order valence-corrected chi connectivity index (χ4v) is 3.04. The van der Waals surface area contributed by atoms with Gasteiger partial charge in [0.2, 0.25) is 0 Å². The summed E-state index contributed by atoms with van der Waals surface area (Å²) in [6.07, 6.45) is 0. The highest BCUT2D eigenvalue weighted by Gasteiger charge is 2.15. The number of aromatic nitrogens is 1. The van der Waals surface area contributed by atoms with Gasteiger partial charge in [-0.15, -0.1) is 0 Å². The molecule has 1 aromatic carbocycles. The van der Waals surface area contributed by atoms with Crippen molar-refractivity contribution in [2.24, 2.45) is 0 Å². The summed E-state index contributed by atoms with van der Waals surface area (Å²) in [7, 11) is 0. The fourth-order valence-electron chi connectivity index (χ4n) is 1.84. The van der Waals surface area contributed by atoms with Crippen LogP contribution in [0.3, 0.4) is 0 Å². The first-order valence-corrected chi connectivity index (χ1v) is 7.33. The highest BCUT2D eigenvalue weighted by molar-refractivity contribution is 9.10. The Bertz CT molecular complexity index is 666. The standard InChI is InChI=1S/C14H11BrCl2N2O/c1-7-5-8(2)12(10(15)6-7)19-14(20)9-3-4-11(16)18-13(9)17/h3-6H,1-2H3,(H,19,20). The molecule has 6 heteroatoms. The van der Waals surface area contributed by atoms with Crippen LogP contribution in [0.15, 0.2) is 28.7 Å². The summed E-state index contributed by atoms with van der Waals surface area (Å²) in [6.45, 7) is 3.92. The molecule has 0 spiro atoms. The van der Waals surface area contributed by atoms with Crippen molar-refractivity contribution in [2.75, 3.05) is 5.32 Å². The number of amides is 1. The van der Waals surface area contributed by atoms with Gasteiger partial charge in [-0.05, 0) is 59.1 Å². The molecule has 2 rings (SSSR count). The van der Waals surface area contributed by atoms with Gasteiger partial charge in [0.25, 0.3) is 5.91 Å². The largest absolute Gasteiger partial charge is 0.321 e. The van der Waals surface area contributed by atoms with Gasteiger partial charge in [0.15, 0.2) is 0 Å². The number of rotatable bonds is 2. The summed E-state index contributed by atoms with van der Waals surface area (Å²) in [5, 5.41) is 3.16. The first-order chi connectivity index (χ1) is 9.38. The van der Waals surface area contributed by atoms with Gasteiger partial charge in [-0.2, -0.15) is 0 Å². The van der Waals surface area contributed by atoms with Crippen molar-refractivity contribution >= 4 is 50.7 Å². The molecule has 1 amide bonds. The van der Waals surface area contributed by atoms with Crippen molar-refractivity contribution < 1.29 is 4.79 Å². The quantitative estimate of drug-likeness (QED) is 0.751. The van der Waals surface area contributed by atoms with Crippen molar-refractivity contribution in [3.63, 3.8) is 0 Å². The van der Waals surface area contributed by atoms with Gasteiger partial charge < -0.3 is 5.32 Å². The molecule has 0 saturated heterocycles. The van der Waals surface area contributed by atoms with Crippen LogP contribution in [0.2, 0.25) is 10.3 Å². The van der Waals surface area contributed by atoms with Crippen LogP contribution in [0.4, 0.5) is 5.69 Å². The molecule has 0 saturated carbocycles. The predicted molar refractivity (Wildman–Crippen MR) is 85.8 cm³/mol. The van der Waals surface area contributed by atoms with E-state index in [4.69, 9.17) is 23.2 Å². The first-order valence-electron chi connectivity index (χ1n) is 5.78. The molecule has 0 atom stereocenters. The van der Waals surface area contributed by atoms with Gasteiger partial charge in [0, 0.05) is 4.47 Å². The summed E-state index contributed by atoms with van der Waals surface area (Å²) in [4.78, 5) is 16.1. The maximum Gasteiger partial charge on any atom is 0.258 e. The van der Waals surface area contributed by atoms with Crippen LogP contribution in [0.1, 0.15) is 21.5 Å². The lowest BCUT2D eigenvalue weighted by Gasteiger charge is -2.12. The number of hydrogen-bond donors (Lipinski definition) is 1. The maximum atomic E-state index is 12.2. The minimum Gasteiger partial charge on any atom is -0.321 e. The Morgan fingerprint density at radius 1 is 1.25 bits per heavy atom. The lowest BCUT2D eigenvalue weighted by atomic mass is 10.1. The highest BCUT2D eigenvalue weighted by Crippen LogP contribution is 2.29. The number of pyridine rings is 1. The molecule has 0 unspecified atom stereocenters. The van der Waals surface area contributed by atoms with Crippen LogP contribution < -0.4 is 5.32 Å². The van der Waals surface area contributed by atoms with E-state index in [1.165, 1.54) is 6.07 Å². The first kappa shape index (κ1) is 15.3. The molecule has 2 aromatic rings. The van der Waals surface area contributed by atoms with Crippen molar-refractivity contribution in [3.8, 4) is 0 Å². The lowest BCUT2D eigenvalue weighted by molar-refractivity contribution is 0.102. The molecule has 0 fully saturated rings. The molecule has 3 nitrogen and oxygen atoms in total. The Hall–Kier alpha value is -1.10. The molecule has 1 N–H and O–H groups in total. The number of aryl methyl sites for hydroxylation is 2. The molecular formula is C14H11BrCl2N2O. The third kappa shape index (κ3) is 3.32. The van der Waals surface area contributed by atoms with Gasteiger partial charge in [-0.1, -0.05) is 29.3 Å².